The molecule has 0 saturated heterocycles. The number of nitrogens with zero attached hydrogens (tertiary/aromatic N) is 1. The predicted octanol–water partition coefficient (Wildman–Crippen LogP) is 3.12. The summed E-state index contributed by atoms with van der Waals surface area (Å²) in [6.07, 6.45) is 5.12. The summed E-state index contributed by atoms with van der Waals surface area (Å²) in [4.78, 5) is 14.4. The molecule has 1 saturated carbocycles. The molecule has 1 N–H and O–H groups in total. The van der Waals surface area contributed by atoms with Gasteiger partial charge in [-0.05, 0) is 57.6 Å². The lowest BCUT2D eigenvalue weighted by Crippen LogP contribution is -2.34. The fourth-order valence-corrected chi connectivity index (χ4v) is 2.88. The van der Waals surface area contributed by atoms with E-state index >= 15 is 0 Å². The van der Waals surface area contributed by atoms with Crippen molar-refractivity contribution >= 4 is 5.91 Å². The van der Waals surface area contributed by atoms with Gasteiger partial charge in [0.1, 0.15) is 5.82 Å². The molecule has 1 aliphatic carbocycles. The molecule has 116 valence electrons. The smallest absolute Gasteiger partial charge is 0.223 e. The summed E-state index contributed by atoms with van der Waals surface area (Å²) in [6.45, 7) is 0.882. The van der Waals surface area contributed by atoms with Gasteiger partial charge in [0, 0.05) is 5.92 Å². The molecule has 1 aromatic rings. The molecule has 0 aromatic heterocycles. The zero-order chi connectivity index (χ0) is 15.2. The minimum atomic E-state index is -0.243. The van der Waals surface area contributed by atoms with Crippen molar-refractivity contribution in [2.45, 2.75) is 38.1 Å². The van der Waals surface area contributed by atoms with E-state index < -0.39 is 0 Å². The molecule has 0 spiro atoms. The Balaban J connectivity index is 2.03. The van der Waals surface area contributed by atoms with Gasteiger partial charge in [-0.2, -0.15) is 0 Å². The quantitative estimate of drug-likeness (QED) is 0.873. The Hall–Kier alpha value is -1.42. The number of rotatable bonds is 6. The summed E-state index contributed by atoms with van der Waals surface area (Å²) in [5.74, 6) is 0.0696. The molecule has 2 rings (SSSR count). The van der Waals surface area contributed by atoms with Crippen molar-refractivity contribution in [3.63, 3.8) is 0 Å². The van der Waals surface area contributed by atoms with Crippen molar-refractivity contribution in [1.82, 2.24) is 10.2 Å². The fourth-order valence-electron chi connectivity index (χ4n) is 2.88. The first kappa shape index (κ1) is 16.0. The van der Waals surface area contributed by atoms with E-state index in [1.54, 1.807) is 12.1 Å². The van der Waals surface area contributed by atoms with Crippen LogP contribution in [0.5, 0.6) is 0 Å². The lowest BCUT2D eigenvalue weighted by atomic mass is 10.0. The Morgan fingerprint density at radius 3 is 2.48 bits per heavy atom. The van der Waals surface area contributed by atoms with Crippen molar-refractivity contribution in [1.29, 1.82) is 0 Å². The number of carbonyl (C=O) groups excluding carboxylic acids is 1. The van der Waals surface area contributed by atoms with Crippen LogP contribution in [0.2, 0.25) is 0 Å². The van der Waals surface area contributed by atoms with E-state index in [0.29, 0.717) is 0 Å². The van der Waals surface area contributed by atoms with Gasteiger partial charge in [-0.15, -0.1) is 0 Å². The average molecular weight is 292 g/mol. The van der Waals surface area contributed by atoms with E-state index in [2.05, 4.69) is 10.2 Å². The van der Waals surface area contributed by atoms with Crippen LogP contribution < -0.4 is 5.32 Å². The summed E-state index contributed by atoms with van der Waals surface area (Å²) in [7, 11) is 4.03. The number of halogens is 1. The van der Waals surface area contributed by atoms with Crippen LogP contribution in [0.1, 0.15) is 43.7 Å². The van der Waals surface area contributed by atoms with Gasteiger partial charge in [-0.25, -0.2) is 4.39 Å². The SMILES string of the molecule is CN(C)CCC(NC(=O)C1CCCC1)c1ccc(F)cc1. The number of nitrogens with one attached hydrogen (secondary N) is 1. The van der Waals surface area contributed by atoms with Gasteiger partial charge < -0.3 is 10.2 Å². The zero-order valence-electron chi connectivity index (χ0n) is 12.9. The number of hydrogen-bond donors (Lipinski definition) is 1. The van der Waals surface area contributed by atoms with Crippen LogP contribution >= 0.6 is 0 Å². The van der Waals surface area contributed by atoms with E-state index in [1.807, 2.05) is 14.1 Å². The lowest BCUT2D eigenvalue weighted by molar-refractivity contribution is -0.125. The first-order chi connectivity index (χ1) is 10.1. The van der Waals surface area contributed by atoms with E-state index in [9.17, 15) is 9.18 Å². The summed E-state index contributed by atoms with van der Waals surface area (Å²) < 4.78 is 13.1. The largest absolute Gasteiger partial charge is 0.349 e. The van der Waals surface area contributed by atoms with Crippen LogP contribution in [0, 0.1) is 11.7 Å². The van der Waals surface area contributed by atoms with E-state index in [4.69, 9.17) is 0 Å². The fraction of sp³-hybridized carbons (Fsp3) is 0.588. The number of carbonyl (C=O) groups is 1. The third-order valence-electron chi connectivity index (χ3n) is 4.18. The van der Waals surface area contributed by atoms with E-state index in [0.717, 1.165) is 44.2 Å². The van der Waals surface area contributed by atoms with E-state index in [1.165, 1.54) is 12.1 Å². The molecule has 4 heteroatoms. The van der Waals surface area contributed by atoms with Crippen molar-refractivity contribution in [3.05, 3.63) is 35.6 Å². The monoisotopic (exact) mass is 292 g/mol. The molecular formula is C17H25FN2O. The molecule has 0 radical (unpaired) electrons. The van der Waals surface area contributed by atoms with Crippen LogP contribution in [-0.2, 0) is 4.79 Å². The van der Waals surface area contributed by atoms with Crippen LogP contribution in [0.4, 0.5) is 4.39 Å². The first-order valence-electron chi connectivity index (χ1n) is 7.77. The maximum atomic E-state index is 13.1. The molecule has 1 unspecified atom stereocenters. The molecule has 1 fully saturated rings. The topological polar surface area (TPSA) is 32.3 Å². The maximum Gasteiger partial charge on any atom is 0.223 e. The van der Waals surface area contributed by atoms with Crippen LogP contribution in [0.15, 0.2) is 24.3 Å². The van der Waals surface area contributed by atoms with Gasteiger partial charge in [0.2, 0.25) is 5.91 Å². The highest BCUT2D eigenvalue weighted by atomic mass is 19.1. The highest BCUT2D eigenvalue weighted by molar-refractivity contribution is 5.79. The van der Waals surface area contributed by atoms with Crippen LogP contribution in [0.25, 0.3) is 0 Å². The molecule has 0 aliphatic heterocycles. The Labute approximate surface area is 126 Å². The summed E-state index contributed by atoms with van der Waals surface area (Å²) >= 11 is 0. The number of hydrogen-bond acceptors (Lipinski definition) is 2. The van der Waals surface area contributed by atoms with Crippen LogP contribution in [-0.4, -0.2) is 31.4 Å². The molecular weight excluding hydrogens is 267 g/mol. The predicted molar refractivity (Wildman–Crippen MR) is 82.4 cm³/mol. The molecule has 1 aromatic carbocycles. The maximum absolute atomic E-state index is 13.1. The van der Waals surface area contributed by atoms with Crippen molar-refractivity contribution in [3.8, 4) is 0 Å². The normalized spacial score (nSPS) is 17.1. The second-order valence-electron chi connectivity index (χ2n) is 6.19. The molecule has 0 bridgehead atoms. The van der Waals surface area contributed by atoms with Crippen LogP contribution in [0.3, 0.4) is 0 Å². The first-order valence-corrected chi connectivity index (χ1v) is 7.77. The summed E-state index contributed by atoms with van der Waals surface area (Å²) in [5, 5.41) is 3.16. The van der Waals surface area contributed by atoms with Gasteiger partial charge in [0.05, 0.1) is 6.04 Å². The number of benzene rings is 1. The van der Waals surface area contributed by atoms with Crippen molar-refractivity contribution in [2.24, 2.45) is 5.92 Å². The van der Waals surface area contributed by atoms with Gasteiger partial charge >= 0.3 is 0 Å². The molecule has 1 atom stereocenters. The molecule has 1 aliphatic rings. The highest BCUT2D eigenvalue weighted by Gasteiger charge is 2.25. The van der Waals surface area contributed by atoms with Crippen molar-refractivity contribution in [2.75, 3.05) is 20.6 Å². The van der Waals surface area contributed by atoms with Gasteiger partial charge in [0.25, 0.3) is 0 Å². The Morgan fingerprint density at radius 1 is 1.29 bits per heavy atom. The number of amides is 1. The Kier molecular flexibility index (Phi) is 5.74. The van der Waals surface area contributed by atoms with Gasteiger partial charge in [-0.1, -0.05) is 25.0 Å². The third-order valence-corrected chi connectivity index (χ3v) is 4.18. The second-order valence-corrected chi connectivity index (χ2v) is 6.19. The highest BCUT2D eigenvalue weighted by Crippen LogP contribution is 2.26. The Bertz CT molecular complexity index is 452. The minimum Gasteiger partial charge on any atom is -0.349 e. The molecule has 1 amide bonds. The molecule has 0 heterocycles. The van der Waals surface area contributed by atoms with Gasteiger partial charge in [0.15, 0.2) is 0 Å². The third kappa shape index (κ3) is 4.81. The summed E-state index contributed by atoms with van der Waals surface area (Å²) in [5.41, 5.74) is 0.976. The lowest BCUT2D eigenvalue weighted by Gasteiger charge is -2.23. The van der Waals surface area contributed by atoms with Crippen molar-refractivity contribution < 1.29 is 9.18 Å². The average Bonchev–Trinajstić information content (AvgIpc) is 2.98. The standard InChI is InChI=1S/C17H25FN2O/c1-20(2)12-11-16(13-7-9-15(18)10-8-13)19-17(21)14-5-3-4-6-14/h7-10,14,16H,3-6,11-12H2,1-2H3,(H,19,21). The zero-order valence-corrected chi connectivity index (χ0v) is 12.9. The van der Waals surface area contributed by atoms with Gasteiger partial charge in [-0.3, -0.25) is 4.79 Å². The molecule has 3 nitrogen and oxygen atoms in total. The molecule has 21 heavy (non-hydrogen) atoms. The van der Waals surface area contributed by atoms with E-state index in [-0.39, 0.29) is 23.7 Å². The minimum absolute atomic E-state index is 0.0406. The summed E-state index contributed by atoms with van der Waals surface area (Å²) in [6, 6.07) is 6.41. The Morgan fingerprint density at radius 2 is 1.90 bits per heavy atom. The second kappa shape index (κ2) is 7.55.